The molecule has 4 rings (SSSR count). The number of pyridine rings is 1. The van der Waals surface area contributed by atoms with Gasteiger partial charge in [0.25, 0.3) is 0 Å². The van der Waals surface area contributed by atoms with Gasteiger partial charge in [-0.15, -0.1) is 0 Å². The number of ether oxygens (including phenoxy) is 1. The van der Waals surface area contributed by atoms with Gasteiger partial charge in [0, 0.05) is 26.2 Å². The number of rotatable bonds is 12. The summed E-state index contributed by atoms with van der Waals surface area (Å²) in [4.78, 5) is 33.5. The Balaban J connectivity index is 1.67. The lowest BCUT2D eigenvalue weighted by atomic mass is 10.2. The number of nitrogens with one attached hydrogen (secondary N) is 3. The number of anilines is 6. The third kappa shape index (κ3) is 6.97. The first-order chi connectivity index (χ1) is 19.5. The highest BCUT2D eigenvalue weighted by atomic mass is 31.2. The molecule has 0 bridgehead atoms. The molecule has 3 aromatic heterocycles. The van der Waals surface area contributed by atoms with E-state index >= 15 is 0 Å². The first-order valence-corrected chi connectivity index (χ1v) is 15.2. The Morgan fingerprint density at radius 1 is 1.02 bits per heavy atom. The topological polar surface area (TPSA) is 155 Å². The standard InChI is InChI=1S/C26H34N11O3P/c1-8-23(38)31-18-13-19(21(40-5)14-20(18)36(4)12-11-35(2)3)33-26-29-15-28-25(34-26)32-17-9-10-22-27-16-30-37(22)24(17)41(6,7)39/h8-10,13-16H,1,11-12H2,2-7H3,(H,31,38)(H2,28,29,32,33,34). The van der Waals surface area contributed by atoms with Crippen LogP contribution in [0.2, 0.25) is 0 Å². The quantitative estimate of drug-likeness (QED) is 0.167. The summed E-state index contributed by atoms with van der Waals surface area (Å²) >= 11 is 0. The molecule has 0 saturated heterocycles. The van der Waals surface area contributed by atoms with Crippen LogP contribution in [0.4, 0.5) is 34.6 Å². The molecular weight excluding hydrogens is 545 g/mol. The van der Waals surface area contributed by atoms with Gasteiger partial charge in [-0.1, -0.05) is 6.58 Å². The van der Waals surface area contributed by atoms with Crippen molar-refractivity contribution in [2.45, 2.75) is 0 Å². The number of hydrogen-bond acceptors (Lipinski definition) is 12. The van der Waals surface area contributed by atoms with Crippen LogP contribution >= 0.6 is 7.14 Å². The van der Waals surface area contributed by atoms with Gasteiger partial charge in [-0.05, 0) is 51.7 Å². The van der Waals surface area contributed by atoms with E-state index in [1.54, 1.807) is 43.2 Å². The number of carbonyl (C=O) groups is 1. The Morgan fingerprint density at radius 3 is 2.37 bits per heavy atom. The van der Waals surface area contributed by atoms with Crippen molar-refractivity contribution in [1.29, 1.82) is 0 Å². The summed E-state index contributed by atoms with van der Waals surface area (Å²) in [5, 5.41) is 13.4. The van der Waals surface area contributed by atoms with Crippen molar-refractivity contribution >= 4 is 58.8 Å². The first-order valence-electron chi connectivity index (χ1n) is 12.6. The van der Waals surface area contributed by atoms with Crippen LogP contribution in [0.1, 0.15) is 0 Å². The predicted molar refractivity (Wildman–Crippen MR) is 162 cm³/mol. The number of amides is 1. The maximum atomic E-state index is 13.1. The molecule has 0 radical (unpaired) electrons. The van der Waals surface area contributed by atoms with Crippen molar-refractivity contribution in [2.75, 3.05) is 75.5 Å². The second-order valence-corrected chi connectivity index (χ2v) is 12.9. The van der Waals surface area contributed by atoms with Crippen LogP contribution in [0, 0.1) is 0 Å². The minimum absolute atomic E-state index is 0.218. The molecule has 0 saturated carbocycles. The van der Waals surface area contributed by atoms with Gasteiger partial charge in [-0.25, -0.2) is 19.5 Å². The molecule has 0 atom stereocenters. The summed E-state index contributed by atoms with van der Waals surface area (Å²) < 4.78 is 20.4. The lowest BCUT2D eigenvalue weighted by Crippen LogP contribution is -2.29. The van der Waals surface area contributed by atoms with E-state index in [1.165, 1.54) is 18.7 Å². The lowest BCUT2D eigenvalue weighted by molar-refractivity contribution is -0.111. The SMILES string of the molecule is C=CC(=O)Nc1cc(Nc2ncnc(Nc3ccc4ncnn4c3P(C)(C)=O)n2)c(OC)cc1N(C)CCN(C)C. The van der Waals surface area contributed by atoms with Crippen LogP contribution in [-0.4, -0.2) is 95.0 Å². The second kappa shape index (κ2) is 12.3. The molecule has 15 heteroatoms. The monoisotopic (exact) mass is 579 g/mol. The van der Waals surface area contributed by atoms with Crippen LogP contribution in [0.15, 0.2) is 49.6 Å². The van der Waals surface area contributed by atoms with E-state index in [-0.39, 0.29) is 17.8 Å². The Kier molecular flexibility index (Phi) is 8.84. The number of likely N-dealkylation sites (N-methyl/N-ethyl adjacent to an activating group) is 2. The van der Waals surface area contributed by atoms with E-state index in [2.05, 4.69) is 52.5 Å². The minimum atomic E-state index is -2.78. The number of methoxy groups -OCH3 is 1. The third-order valence-corrected chi connectivity index (χ3v) is 7.50. The van der Waals surface area contributed by atoms with Crippen LogP contribution in [0.5, 0.6) is 5.75 Å². The van der Waals surface area contributed by atoms with Crippen LogP contribution < -0.4 is 31.0 Å². The zero-order valence-corrected chi connectivity index (χ0v) is 24.8. The maximum absolute atomic E-state index is 13.1. The molecule has 0 aliphatic carbocycles. The van der Waals surface area contributed by atoms with Gasteiger partial charge in [0.2, 0.25) is 17.8 Å². The number of fused-ring (bicyclic) bond motifs is 1. The molecule has 1 amide bonds. The molecule has 0 fully saturated rings. The number of hydrogen-bond donors (Lipinski definition) is 3. The Bertz CT molecular complexity index is 1620. The Labute approximate surface area is 238 Å². The van der Waals surface area contributed by atoms with Crippen LogP contribution in [0.25, 0.3) is 5.65 Å². The molecule has 41 heavy (non-hydrogen) atoms. The fourth-order valence-electron chi connectivity index (χ4n) is 4.05. The Morgan fingerprint density at radius 2 is 1.73 bits per heavy atom. The minimum Gasteiger partial charge on any atom is -0.494 e. The van der Waals surface area contributed by atoms with E-state index in [4.69, 9.17) is 4.74 Å². The van der Waals surface area contributed by atoms with Gasteiger partial charge >= 0.3 is 0 Å². The largest absolute Gasteiger partial charge is 0.494 e. The molecular formula is C26H34N11O3P. The summed E-state index contributed by atoms with van der Waals surface area (Å²) in [6.45, 7) is 8.40. The van der Waals surface area contributed by atoms with E-state index < -0.39 is 7.14 Å². The van der Waals surface area contributed by atoms with Gasteiger partial charge in [0.15, 0.2) is 5.65 Å². The number of carbonyl (C=O) groups excluding carboxylic acids is 1. The second-order valence-electron chi connectivity index (χ2n) is 9.82. The molecule has 0 unspecified atom stereocenters. The summed E-state index contributed by atoms with van der Waals surface area (Å²) in [6.07, 6.45) is 3.97. The average molecular weight is 580 g/mol. The zero-order valence-electron chi connectivity index (χ0n) is 23.9. The Hall–Kier alpha value is -4.55. The van der Waals surface area contributed by atoms with Crippen molar-refractivity contribution in [3.05, 3.63) is 49.6 Å². The van der Waals surface area contributed by atoms with Gasteiger partial charge < -0.3 is 35.1 Å². The molecule has 3 N–H and O–H groups in total. The van der Waals surface area contributed by atoms with Crippen molar-refractivity contribution in [3.63, 3.8) is 0 Å². The van der Waals surface area contributed by atoms with Gasteiger partial charge in [0.1, 0.15) is 31.0 Å². The normalized spacial score (nSPS) is 11.4. The lowest BCUT2D eigenvalue weighted by Gasteiger charge is -2.26. The van der Waals surface area contributed by atoms with E-state index in [1.807, 2.05) is 32.1 Å². The summed E-state index contributed by atoms with van der Waals surface area (Å²) in [7, 11) is 4.71. The average Bonchev–Trinajstić information content (AvgIpc) is 3.40. The van der Waals surface area contributed by atoms with Crippen LogP contribution in [-0.2, 0) is 9.36 Å². The molecule has 0 spiro atoms. The molecule has 216 valence electrons. The summed E-state index contributed by atoms with van der Waals surface area (Å²) in [6, 6.07) is 7.10. The summed E-state index contributed by atoms with van der Waals surface area (Å²) in [5.74, 6) is 0.602. The molecule has 14 nitrogen and oxygen atoms in total. The fraction of sp³-hybridized carbons (Fsp3) is 0.308. The van der Waals surface area contributed by atoms with Crippen molar-refractivity contribution in [1.82, 2.24) is 34.4 Å². The first kappa shape index (κ1) is 29.4. The molecule has 4 aromatic rings. The smallest absolute Gasteiger partial charge is 0.247 e. The molecule has 0 aliphatic rings. The van der Waals surface area contributed by atoms with E-state index in [0.717, 1.165) is 12.2 Å². The third-order valence-electron chi connectivity index (χ3n) is 6.04. The summed E-state index contributed by atoms with van der Waals surface area (Å²) in [5.41, 5.74) is 3.44. The molecule has 1 aromatic carbocycles. The van der Waals surface area contributed by atoms with Gasteiger partial charge in [0.05, 0.1) is 29.9 Å². The highest BCUT2D eigenvalue weighted by Gasteiger charge is 2.22. The molecule has 3 heterocycles. The van der Waals surface area contributed by atoms with Gasteiger partial charge in [-0.2, -0.15) is 10.1 Å². The number of aromatic nitrogens is 6. The fourth-order valence-corrected chi connectivity index (χ4v) is 5.37. The van der Waals surface area contributed by atoms with Crippen molar-refractivity contribution in [3.8, 4) is 5.75 Å². The van der Waals surface area contributed by atoms with Crippen molar-refractivity contribution < 1.29 is 14.1 Å². The van der Waals surface area contributed by atoms with Crippen LogP contribution in [0.3, 0.4) is 0 Å². The van der Waals surface area contributed by atoms with E-state index in [9.17, 15) is 9.36 Å². The maximum Gasteiger partial charge on any atom is 0.247 e. The van der Waals surface area contributed by atoms with Gasteiger partial charge in [-0.3, -0.25) is 4.79 Å². The van der Waals surface area contributed by atoms with Crippen molar-refractivity contribution in [2.24, 2.45) is 0 Å². The predicted octanol–water partition coefficient (Wildman–Crippen LogP) is 2.78. The number of nitrogens with zero attached hydrogens (tertiary/aromatic N) is 8. The highest BCUT2D eigenvalue weighted by Crippen LogP contribution is 2.39. The van der Waals surface area contributed by atoms with E-state index in [0.29, 0.717) is 40.4 Å². The zero-order chi connectivity index (χ0) is 29.7. The number of benzene rings is 1. The molecule has 0 aliphatic heterocycles. The highest BCUT2D eigenvalue weighted by molar-refractivity contribution is 7.70.